The number of ether oxygens (including phenoxy) is 1. The molecule has 6 nitrogen and oxygen atoms in total. The van der Waals surface area contributed by atoms with E-state index >= 15 is 0 Å². The molecule has 0 bridgehead atoms. The Morgan fingerprint density at radius 1 is 1.25 bits per heavy atom. The number of carbonyl (C=O) groups is 1. The van der Waals surface area contributed by atoms with Crippen molar-refractivity contribution in [2.75, 3.05) is 20.3 Å². The topological polar surface area (TPSA) is 60.2 Å². The van der Waals surface area contributed by atoms with Crippen molar-refractivity contribution in [3.05, 3.63) is 64.9 Å². The van der Waals surface area contributed by atoms with Crippen LogP contribution >= 0.6 is 11.3 Å². The van der Waals surface area contributed by atoms with E-state index in [0.717, 1.165) is 10.6 Å². The third-order valence-corrected chi connectivity index (χ3v) is 4.45. The third-order valence-electron chi connectivity index (χ3n) is 3.59. The number of thiophene rings is 1. The predicted octanol–water partition coefficient (Wildman–Crippen LogP) is 2.62. The number of amides is 1. The zero-order valence-corrected chi connectivity index (χ0v) is 14.1. The number of carbonyl (C=O) groups excluding carboxylic acids is 1. The van der Waals surface area contributed by atoms with Crippen molar-refractivity contribution in [1.82, 2.24) is 19.7 Å². The van der Waals surface area contributed by atoms with Gasteiger partial charge in [-0.15, -0.1) is 21.5 Å². The molecule has 0 saturated carbocycles. The summed E-state index contributed by atoms with van der Waals surface area (Å²) >= 11 is 1.64. The second-order valence-corrected chi connectivity index (χ2v) is 6.25. The molecule has 1 aromatic carbocycles. The van der Waals surface area contributed by atoms with Crippen molar-refractivity contribution in [3.63, 3.8) is 0 Å². The van der Waals surface area contributed by atoms with E-state index in [9.17, 15) is 4.79 Å². The number of methoxy groups -OCH3 is 1. The molecule has 0 unspecified atom stereocenters. The van der Waals surface area contributed by atoms with Crippen LogP contribution in [0.25, 0.3) is 5.69 Å². The Labute approximate surface area is 144 Å². The van der Waals surface area contributed by atoms with Crippen LogP contribution in [0, 0.1) is 0 Å². The smallest absolute Gasteiger partial charge is 0.254 e. The van der Waals surface area contributed by atoms with Gasteiger partial charge in [0.1, 0.15) is 12.7 Å². The van der Waals surface area contributed by atoms with E-state index in [2.05, 4.69) is 10.2 Å². The molecule has 0 N–H and O–H groups in total. The number of rotatable bonds is 7. The minimum atomic E-state index is -0.0182. The Balaban J connectivity index is 1.82. The summed E-state index contributed by atoms with van der Waals surface area (Å²) in [6.45, 7) is 1.63. The molecule has 2 heterocycles. The van der Waals surface area contributed by atoms with Crippen molar-refractivity contribution in [1.29, 1.82) is 0 Å². The number of hydrogen-bond acceptors (Lipinski definition) is 5. The SMILES string of the molecule is COCCN(Cc1cccs1)C(=O)c1cccc(-n2cnnc2)c1. The van der Waals surface area contributed by atoms with E-state index in [0.29, 0.717) is 25.3 Å². The average molecular weight is 342 g/mol. The largest absolute Gasteiger partial charge is 0.383 e. The van der Waals surface area contributed by atoms with Crippen LogP contribution in [0.3, 0.4) is 0 Å². The van der Waals surface area contributed by atoms with Crippen molar-refractivity contribution in [2.24, 2.45) is 0 Å². The van der Waals surface area contributed by atoms with Gasteiger partial charge in [-0.2, -0.15) is 0 Å². The van der Waals surface area contributed by atoms with Gasteiger partial charge in [0.25, 0.3) is 5.91 Å². The van der Waals surface area contributed by atoms with Gasteiger partial charge in [-0.25, -0.2) is 0 Å². The van der Waals surface area contributed by atoms with E-state index in [1.165, 1.54) is 0 Å². The van der Waals surface area contributed by atoms with E-state index in [4.69, 9.17) is 4.74 Å². The third kappa shape index (κ3) is 3.87. The molecule has 0 saturated heterocycles. The Kier molecular flexibility index (Phi) is 5.35. The minimum Gasteiger partial charge on any atom is -0.383 e. The van der Waals surface area contributed by atoms with E-state index in [1.54, 1.807) is 40.6 Å². The number of aromatic nitrogens is 3. The highest BCUT2D eigenvalue weighted by molar-refractivity contribution is 7.09. The zero-order chi connectivity index (χ0) is 16.8. The molecular formula is C17H18N4O2S. The molecule has 3 rings (SSSR count). The average Bonchev–Trinajstić information content (AvgIpc) is 3.31. The van der Waals surface area contributed by atoms with Crippen LogP contribution in [0.2, 0.25) is 0 Å². The van der Waals surface area contributed by atoms with Crippen LogP contribution in [0.15, 0.2) is 54.4 Å². The first kappa shape index (κ1) is 16.4. The van der Waals surface area contributed by atoms with Crippen molar-refractivity contribution in [3.8, 4) is 5.69 Å². The normalized spacial score (nSPS) is 10.7. The first-order valence-corrected chi connectivity index (χ1v) is 8.41. The molecule has 1 amide bonds. The van der Waals surface area contributed by atoms with Crippen LogP contribution in [0.5, 0.6) is 0 Å². The molecule has 0 aliphatic heterocycles. The maximum atomic E-state index is 12.9. The Morgan fingerprint density at radius 3 is 2.79 bits per heavy atom. The molecule has 0 radical (unpaired) electrons. The summed E-state index contributed by atoms with van der Waals surface area (Å²) in [6, 6.07) is 11.5. The van der Waals surface area contributed by atoms with Crippen molar-refractivity contribution < 1.29 is 9.53 Å². The van der Waals surface area contributed by atoms with E-state index in [1.807, 2.05) is 41.8 Å². The Morgan fingerprint density at radius 2 is 2.08 bits per heavy atom. The highest BCUT2D eigenvalue weighted by atomic mass is 32.1. The maximum absolute atomic E-state index is 12.9. The molecule has 0 spiro atoms. The molecule has 7 heteroatoms. The standard InChI is InChI=1S/C17H18N4O2S/c1-23-8-7-20(11-16-6-3-9-24-16)17(22)14-4-2-5-15(10-14)21-12-18-19-13-21/h2-6,9-10,12-13H,7-8,11H2,1H3. The lowest BCUT2D eigenvalue weighted by Crippen LogP contribution is -2.33. The number of nitrogens with zero attached hydrogens (tertiary/aromatic N) is 4. The molecule has 0 aliphatic carbocycles. The van der Waals surface area contributed by atoms with Gasteiger partial charge in [0.05, 0.1) is 13.2 Å². The van der Waals surface area contributed by atoms with Gasteiger partial charge in [-0.05, 0) is 29.6 Å². The Bertz CT molecular complexity index is 772. The van der Waals surface area contributed by atoms with Crippen LogP contribution in [0.4, 0.5) is 0 Å². The fourth-order valence-electron chi connectivity index (χ4n) is 2.36. The Hall–Kier alpha value is -2.51. The fraction of sp³-hybridized carbons (Fsp3) is 0.235. The predicted molar refractivity (Wildman–Crippen MR) is 92.3 cm³/mol. The van der Waals surface area contributed by atoms with E-state index < -0.39 is 0 Å². The molecule has 2 aromatic heterocycles. The fourth-order valence-corrected chi connectivity index (χ4v) is 3.08. The first-order valence-electron chi connectivity index (χ1n) is 7.53. The van der Waals surface area contributed by atoms with Gasteiger partial charge in [-0.3, -0.25) is 9.36 Å². The van der Waals surface area contributed by atoms with Gasteiger partial charge in [-0.1, -0.05) is 12.1 Å². The maximum Gasteiger partial charge on any atom is 0.254 e. The zero-order valence-electron chi connectivity index (χ0n) is 13.3. The van der Waals surface area contributed by atoms with Gasteiger partial charge in [0.2, 0.25) is 0 Å². The second-order valence-electron chi connectivity index (χ2n) is 5.22. The monoisotopic (exact) mass is 342 g/mol. The molecular weight excluding hydrogens is 324 g/mol. The number of hydrogen-bond donors (Lipinski definition) is 0. The summed E-state index contributed by atoms with van der Waals surface area (Å²) in [6.07, 6.45) is 3.22. The molecule has 24 heavy (non-hydrogen) atoms. The lowest BCUT2D eigenvalue weighted by molar-refractivity contribution is 0.0682. The van der Waals surface area contributed by atoms with Gasteiger partial charge >= 0.3 is 0 Å². The molecule has 3 aromatic rings. The highest BCUT2D eigenvalue weighted by Gasteiger charge is 2.17. The van der Waals surface area contributed by atoms with Crippen LogP contribution in [-0.2, 0) is 11.3 Å². The van der Waals surface area contributed by atoms with Crippen LogP contribution in [-0.4, -0.2) is 45.8 Å². The van der Waals surface area contributed by atoms with E-state index in [-0.39, 0.29) is 5.91 Å². The quantitative estimate of drug-likeness (QED) is 0.662. The van der Waals surface area contributed by atoms with Gasteiger partial charge < -0.3 is 9.64 Å². The van der Waals surface area contributed by atoms with Gasteiger partial charge in [0, 0.05) is 29.8 Å². The summed E-state index contributed by atoms with van der Waals surface area (Å²) in [7, 11) is 1.64. The molecule has 0 fully saturated rings. The van der Waals surface area contributed by atoms with Crippen LogP contribution in [0.1, 0.15) is 15.2 Å². The summed E-state index contributed by atoms with van der Waals surface area (Å²) < 4.78 is 6.92. The highest BCUT2D eigenvalue weighted by Crippen LogP contribution is 2.16. The van der Waals surface area contributed by atoms with Crippen molar-refractivity contribution in [2.45, 2.75) is 6.54 Å². The summed E-state index contributed by atoms with van der Waals surface area (Å²) in [5, 5.41) is 9.62. The second kappa shape index (κ2) is 7.85. The molecule has 0 atom stereocenters. The summed E-state index contributed by atoms with van der Waals surface area (Å²) in [5.74, 6) is -0.0182. The van der Waals surface area contributed by atoms with Gasteiger partial charge in [0.15, 0.2) is 0 Å². The lowest BCUT2D eigenvalue weighted by Gasteiger charge is -2.22. The first-order chi connectivity index (χ1) is 11.8. The van der Waals surface area contributed by atoms with Crippen LogP contribution < -0.4 is 0 Å². The minimum absolute atomic E-state index is 0.0182. The van der Waals surface area contributed by atoms with Crippen molar-refractivity contribution >= 4 is 17.2 Å². The number of benzene rings is 1. The lowest BCUT2D eigenvalue weighted by atomic mass is 10.1. The summed E-state index contributed by atoms with van der Waals surface area (Å²) in [4.78, 5) is 15.9. The molecule has 124 valence electrons. The molecule has 0 aliphatic rings. The summed E-state index contributed by atoms with van der Waals surface area (Å²) in [5.41, 5.74) is 1.49.